The number of amides is 1. The minimum absolute atomic E-state index is 0.165. The van der Waals surface area contributed by atoms with Crippen molar-refractivity contribution in [3.8, 4) is 5.75 Å². The summed E-state index contributed by atoms with van der Waals surface area (Å²) in [5.41, 5.74) is 6.91. The Morgan fingerprint density at radius 1 is 1.50 bits per heavy atom. The Kier molecular flexibility index (Phi) is 3.66. The van der Waals surface area contributed by atoms with E-state index in [0.29, 0.717) is 24.3 Å². The van der Waals surface area contributed by atoms with Crippen LogP contribution in [0, 0.1) is 11.8 Å². The van der Waals surface area contributed by atoms with E-state index in [0.717, 1.165) is 31.7 Å². The third-order valence-electron chi connectivity index (χ3n) is 4.56. The zero-order valence-corrected chi connectivity index (χ0v) is 11.9. The number of benzene rings is 1. The molecule has 3 atom stereocenters. The Morgan fingerprint density at radius 3 is 3.05 bits per heavy atom. The van der Waals surface area contributed by atoms with Gasteiger partial charge in [-0.15, -0.1) is 0 Å². The van der Waals surface area contributed by atoms with E-state index in [9.17, 15) is 4.79 Å². The van der Waals surface area contributed by atoms with Crippen molar-refractivity contribution in [2.45, 2.75) is 18.8 Å². The van der Waals surface area contributed by atoms with Gasteiger partial charge in [-0.3, -0.25) is 4.79 Å². The number of carbonyl (C=O) groups excluding carboxylic acids is 1. The monoisotopic (exact) mass is 274 g/mol. The third-order valence-corrected chi connectivity index (χ3v) is 4.56. The van der Waals surface area contributed by atoms with Crippen LogP contribution in [0.15, 0.2) is 24.3 Å². The van der Waals surface area contributed by atoms with E-state index in [1.165, 1.54) is 5.56 Å². The molecule has 108 valence electrons. The fraction of sp³-hybridized carbons (Fsp3) is 0.562. The second kappa shape index (κ2) is 5.44. The predicted octanol–water partition coefficient (Wildman–Crippen LogP) is 1.61. The van der Waals surface area contributed by atoms with Crippen LogP contribution in [-0.2, 0) is 4.79 Å². The normalized spacial score (nSPS) is 28.5. The number of nitrogens with two attached hydrogens (primary N) is 1. The number of methoxy groups -OCH3 is 1. The molecule has 1 heterocycles. The average molecular weight is 274 g/mol. The summed E-state index contributed by atoms with van der Waals surface area (Å²) in [6.07, 6.45) is 2.02. The number of hydrogen-bond acceptors (Lipinski definition) is 3. The SMILES string of the molecule is COc1cccc([C@@H]2C[C@H]2C(=O)N2CC[C@H](CN)C2)c1. The first kappa shape index (κ1) is 13.4. The highest BCUT2D eigenvalue weighted by molar-refractivity contribution is 5.83. The van der Waals surface area contributed by atoms with Crippen molar-refractivity contribution < 1.29 is 9.53 Å². The Morgan fingerprint density at radius 2 is 2.35 bits per heavy atom. The van der Waals surface area contributed by atoms with Crippen LogP contribution in [0.3, 0.4) is 0 Å². The molecule has 0 unspecified atom stereocenters. The molecule has 3 rings (SSSR count). The molecule has 0 radical (unpaired) electrons. The molecule has 1 aromatic carbocycles. The highest BCUT2D eigenvalue weighted by Gasteiger charge is 2.46. The van der Waals surface area contributed by atoms with Crippen LogP contribution in [0.1, 0.15) is 24.3 Å². The maximum atomic E-state index is 12.5. The van der Waals surface area contributed by atoms with Gasteiger partial charge in [-0.25, -0.2) is 0 Å². The van der Waals surface area contributed by atoms with Gasteiger partial charge in [-0.05, 0) is 48.9 Å². The van der Waals surface area contributed by atoms with Crippen molar-refractivity contribution >= 4 is 5.91 Å². The van der Waals surface area contributed by atoms with E-state index in [1.54, 1.807) is 7.11 Å². The summed E-state index contributed by atoms with van der Waals surface area (Å²) >= 11 is 0. The maximum absolute atomic E-state index is 12.5. The molecule has 1 amide bonds. The predicted molar refractivity (Wildman–Crippen MR) is 77.6 cm³/mol. The number of rotatable bonds is 4. The first-order chi connectivity index (χ1) is 9.72. The summed E-state index contributed by atoms with van der Waals surface area (Å²) in [4.78, 5) is 14.5. The second-order valence-corrected chi connectivity index (χ2v) is 5.90. The lowest BCUT2D eigenvalue weighted by molar-refractivity contribution is -0.131. The lowest BCUT2D eigenvalue weighted by atomic mass is 10.1. The molecule has 1 aliphatic heterocycles. The van der Waals surface area contributed by atoms with Gasteiger partial charge >= 0.3 is 0 Å². The lowest BCUT2D eigenvalue weighted by Gasteiger charge is -2.16. The van der Waals surface area contributed by atoms with Gasteiger partial charge in [0.15, 0.2) is 0 Å². The molecule has 0 bridgehead atoms. The van der Waals surface area contributed by atoms with Crippen LogP contribution < -0.4 is 10.5 Å². The molecule has 2 aliphatic rings. The number of ether oxygens (including phenoxy) is 1. The van der Waals surface area contributed by atoms with Crippen molar-refractivity contribution in [1.82, 2.24) is 4.90 Å². The van der Waals surface area contributed by atoms with Crippen LogP contribution in [-0.4, -0.2) is 37.6 Å². The summed E-state index contributed by atoms with van der Waals surface area (Å²) in [6.45, 7) is 2.41. The van der Waals surface area contributed by atoms with Gasteiger partial charge in [-0.1, -0.05) is 12.1 Å². The van der Waals surface area contributed by atoms with Crippen molar-refractivity contribution in [2.75, 3.05) is 26.7 Å². The van der Waals surface area contributed by atoms with E-state index >= 15 is 0 Å². The molecule has 2 fully saturated rings. The van der Waals surface area contributed by atoms with Crippen LogP contribution in [0.2, 0.25) is 0 Å². The van der Waals surface area contributed by atoms with Gasteiger partial charge < -0.3 is 15.4 Å². The molecular weight excluding hydrogens is 252 g/mol. The van der Waals surface area contributed by atoms with Crippen LogP contribution in [0.25, 0.3) is 0 Å². The Balaban J connectivity index is 1.62. The van der Waals surface area contributed by atoms with Crippen molar-refractivity contribution in [2.24, 2.45) is 17.6 Å². The minimum atomic E-state index is 0.165. The molecule has 1 aliphatic carbocycles. The Bertz CT molecular complexity index is 503. The van der Waals surface area contributed by atoms with Crippen LogP contribution in [0.4, 0.5) is 0 Å². The molecule has 1 saturated carbocycles. The van der Waals surface area contributed by atoms with Crippen molar-refractivity contribution in [3.63, 3.8) is 0 Å². The first-order valence-electron chi connectivity index (χ1n) is 7.35. The van der Waals surface area contributed by atoms with Gasteiger partial charge in [0.2, 0.25) is 5.91 Å². The van der Waals surface area contributed by atoms with E-state index in [-0.39, 0.29) is 5.92 Å². The maximum Gasteiger partial charge on any atom is 0.226 e. The van der Waals surface area contributed by atoms with E-state index in [4.69, 9.17) is 10.5 Å². The topological polar surface area (TPSA) is 55.6 Å². The zero-order valence-electron chi connectivity index (χ0n) is 11.9. The summed E-state index contributed by atoms with van der Waals surface area (Å²) in [6, 6.07) is 8.07. The Hall–Kier alpha value is -1.55. The van der Waals surface area contributed by atoms with Gasteiger partial charge in [0.25, 0.3) is 0 Å². The molecule has 4 nitrogen and oxygen atoms in total. The van der Waals surface area contributed by atoms with Crippen LogP contribution in [0.5, 0.6) is 5.75 Å². The molecule has 2 N–H and O–H groups in total. The van der Waals surface area contributed by atoms with E-state index in [2.05, 4.69) is 6.07 Å². The number of nitrogens with zero attached hydrogens (tertiary/aromatic N) is 1. The summed E-state index contributed by atoms with van der Waals surface area (Å²) in [5, 5.41) is 0. The largest absolute Gasteiger partial charge is 0.497 e. The number of likely N-dealkylation sites (tertiary alicyclic amines) is 1. The third kappa shape index (κ3) is 2.52. The number of carbonyl (C=O) groups is 1. The van der Waals surface area contributed by atoms with Crippen LogP contribution >= 0.6 is 0 Å². The standard InChI is InChI=1S/C16H22N2O2/c1-20-13-4-2-3-12(7-13)14-8-15(14)16(19)18-6-5-11(9-17)10-18/h2-4,7,11,14-15H,5-6,8-10,17H2,1H3/t11-,14+,15-/m1/s1. The summed E-state index contributed by atoms with van der Waals surface area (Å²) in [7, 11) is 1.67. The fourth-order valence-corrected chi connectivity index (χ4v) is 3.17. The lowest BCUT2D eigenvalue weighted by Crippen LogP contribution is -2.31. The van der Waals surface area contributed by atoms with Crippen molar-refractivity contribution in [3.05, 3.63) is 29.8 Å². The van der Waals surface area contributed by atoms with Gasteiger partial charge in [0.1, 0.15) is 5.75 Å². The second-order valence-electron chi connectivity index (χ2n) is 5.90. The first-order valence-corrected chi connectivity index (χ1v) is 7.35. The summed E-state index contributed by atoms with van der Waals surface area (Å²) < 4.78 is 5.25. The van der Waals surface area contributed by atoms with Crippen molar-refractivity contribution in [1.29, 1.82) is 0 Å². The zero-order chi connectivity index (χ0) is 14.1. The fourth-order valence-electron chi connectivity index (χ4n) is 3.17. The van der Waals surface area contributed by atoms with E-state index < -0.39 is 0 Å². The minimum Gasteiger partial charge on any atom is -0.497 e. The smallest absolute Gasteiger partial charge is 0.226 e. The molecule has 0 spiro atoms. The molecular formula is C16H22N2O2. The molecule has 4 heteroatoms. The molecule has 0 aromatic heterocycles. The molecule has 1 saturated heterocycles. The van der Waals surface area contributed by atoms with Gasteiger partial charge in [0, 0.05) is 19.0 Å². The Labute approximate surface area is 119 Å². The highest BCUT2D eigenvalue weighted by atomic mass is 16.5. The highest BCUT2D eigenvalue weighted by Crippen LogP contribution is 2.49. The average Bonchev–Trinajstić information content (AvgIpc) is 3.15. The molecule has 1 aromatic rings. The molecule has 20 heavy (non-hydrogen) atoms. The van der Waals surface area contributed by atoms with Gasteiger partial charge in [-0.2, -0.15) is 0 Å². The summed E-state index contributed by atoms with van der Waals surface area (Å²) in [5.74, 6) is 2.21. The number of hydrogen-bond donors (Lipinski definition) is 1. The quantitative estimate of drug-likeness (QED) is 0.907. The van der Waals surface area contributed by atoms with E-state index in [1.807, 2.05) is 23.1 Å². The van der Waals surface area contributed by atoms with Gasteiger partial charge in [0.05, 0.1) is 7.11 Å².